The minimum Gasteiger partial charge on any atom is -0.475 e. The van der Waals surface area contributed by atoms with E-state index in [4.69, 9.17) is 18.9 Å². The molecule has 218 valence electrons. The molecule has 42 heavy (non-hydrogen) atoms. The van der Waals surface area contributed by atoms with Gasteiger partial charge in [-0.3, -0.25) is 0 Å². The maximum absolute atomic E-state index is 10.6. The molecule has 0 unspecified atom stereocenters. The van der Waals surface area contributed by atoms with Gasteiger partial charge in [0.05, 0.1) is 11.5 Å². The summed E-state index contributed by atoms with van der Waals surface area (Å²) in [5, 5.41) is 11.9. The van der Waals surface area contributed by atoms with E-state index in [0.29, 0.717) is 11.5 Å². The minimum absolute atomic E-state index is 0. The maximum Gasteiger partial charge on any atom is 0.490 e. The third kappa shape index (κ3) is 9.79. The van der Waals surface area contributed by atoms with Crippen LogP contribution in [0.1, 0.15) is 0 Å². The van der Waals surface area contributed by atoms with E-state index in [0.717, 1.165) is 0 Å². The summed E-state index contributed by atoms with van der Waals surface area (Å²) in [6.07, 6.45) is -5.08. The Kier molecular flexibility index (Phi) is 12.7. The van der Waals surface area contributed by atoms with Crippen LogP contribution in [0.2, 0.25) is 0 Å². The molecule has 0 aliphatic heterocycles. The number of carboxylic acid groups (broad SMARTS) is 1. The van der Waals surface area contributed by atoms with Crippen LogP contribution in [0.4, 0.5) is 13.2 Å². The second-order valence-electron chi connectivity index (χ2n) is 8.51. The molecule has 1 N–H and O–H groups in total. The van der Waals surface area contributed by atoms with Crippen LogP contribution in [0, 0.1) is 6.07 Å². The number of hydrogen-bond donors (Lipinski definition) is 1. The standard InChI is InChI=1S/C30H23O2P2.C2HF3O2.Pd/c1-5-16-27(17-6-1)33(28-18-7-2-8-19-28)31-25-14-13-15-26(24-25)32-34(29-20-9-3-10-21-29)30-22-11-4-12-23-30;3-2(4,5)1(6)7;/h1-23H;(H,6,7);/q-1;;/p+2. The summed E-state index contributed by atoms with van der Waals surface area (Å²) in [4.78, 5) is 8.90. The van der Waals surface area contributed by atoms with Gasteiger partial charge in [-0.1, -0.05) is 78.9 Å². The molecule has 0 fully saturated rings. The Hall–Kier alpha value is -3.52. The first kappa shape index (κ1) is 33.0. The predicted octanol–water partition coefficient (Wildman–Crippen LogP) is 6.44. The second-order valence-corrected chi connectivity index (χ2v) is 12.5. The number of benzene rings is 5. The smallest absolute Gasteiger partial charge is 0.475 e. The summed E-state index contributed by atoms with van der Waals surface area (Å²) in [5.74, 6) is -1.37. The van der Waals surface area contributed by atoms with Gasteiger partial charge in [-0.15, -0.1) is 12.1 Å². The number of carboxylic acids is 1. The monoisotopic (exact) mass is 699 g/mol. The topological polar surface area (TPSA) is 55.8 Å². The average molecular weight is 700 g/mol. The molecular weight excluding hydrogens is 674 g/mol. The van der Waals surface area contributed by atoms with Crippen molar-refractivity contribution >= 4 is 43.5 Å². The van der Waals surface area contributed by atoms with Crippen LogP contribution < -0.4 is 30.3 Å². The normalized spacial score (nSPS) is 10.7. The Labute approximate surface area is 258 Å². The fourth-order valence-corrected chi connectivity index (χ4v) is 7.49. The van der Waals surface area contributed by atoms with E-state index in [1.165, 1.54) is 21.2 Å². The molecule has 0 amide bonds. The molecule has 0 aliphatic carbocycles. The minimum atomic E-state index is -5.08. The molecule has 5 rings (SSSR count). The van der Waals surface area contributed by atoms with Crippen LogP contribution >= 0.6 is 16.3 Å². The van der Waals surface area contributed by atoms with Crippen molar-refractivity contribution in [3.05, 3.63) is 146 Å². The first-order chi connectivity index (χ1) is 19.8. The predicted molar refractivity (Wildman–Crippen MR) is 161 cm³/mol. The Morgan fingerprint density at radius 1 is 0.548 bits per heavy atom. The molecule has 4 nitrogen and oxygen atoms in total. The molecule has 0 aliphatic rings. The van der Waals surface area contributed by atoms with Crippen LogP contribution in [0.25, 0.3) is 0 Å². The van der Waals surface area contributed by atoms with Gasteiger partial charge in [-0.25, -0.2) is 4.79 Å². The van der Waals surface area contributed by atoms with Crippen molar-refractivity contribution < 1.29 is 52.5 Å². The fourth-order valence-electron chi connectivity index (χ4n) is 3.69. The molecule has 0 bridgehead atoms. The summed E-state index contributed by atoms with van der Waals surface area (Å²) in [6, 6.07) is 51.0. The third-order valence-corrected chi connectivity index (χ3v) is 9.83. The molecule has 0 heterocycles. The SMILES string of the molecule is O=C(O)C(F)(F)F.[Pd].[c-]1c(O[PH+](c2ccccc2)c2ccccc2)cccc1O[PH+](c1ccccc1)c1ccccc1. The summed E-state index contributed by atoms with van der Waals surface area (Å²) >= 11 is 0. The van der Waals surface area contributed by atoms with Gasteiger partial charge in [0.15, 0.2) is 0 Å². The zero-order valence-corrected chi connectivity index (χ0v) is 25.5. The van der Waals surface area contributed by atoms with Crippen molar-refractivity contribution in [3.63, 3.8) is 0 Å². The molecular formula is C32H26F3O4P2Pd+. The van der Waals surface area contributed by atoms with Crippen LogP contribution in [-0.2, 0) is 25.2 Å². The van der Waals surface area contributed by atoms with Gasteiger partial charge in [0.1, 0.15) is 21.2 Å². The summed E-state index contributed by atoms with van der Waals surface area (Å²) in [7, 11) is -2.96. The van der Waals surface area contributed by atoms with Crippen molar-refractivity contribution in [3.8, 4) is 11.5 Å². The van der Waals surface area contributed by atoms with E-state index >= 15 is 0 Å². The van der Waals surface area contributed by atoms with Crippen molar-refractivity contribution in [2.24, 2.45) is 0 Å². The van der Waals surface area contributed by atoms with Gasteiger partial charge in [0.25, 0.3) is 0 Å². The molecule has 0 saturated heterocycles. The molecule has 0 radical (unpaired) electrons. The van der Waals surface area contributed by atoms with Crippen molar-refractivity contribution in [2.75, 3.05) is 0 Å². The molecule has 0 aromatic heterocycles. The number of carbonyl (C=O) groups is 1. The van der Waals surface area contributed by atoms with E-state index < -0.39 is 28.4 Å². The number of hydrogen-bond acceptors (Lipinski definition) is 3. The van der Waals surface area contributed by atoms with E-state index in [-0.39, 0.29) is 20.4 Å². The summed E-state index contributed by atoms with van der Waals surface area (Å²) in [5.41, 5.74) is 0. The molecule has 10 heteroatoms. The largest absolute Gasteiger partial charge is 0.490 e. The van der Waals surface area contributed by atoms with E-state index in [9.17, 15) is 13.2 Å². The number of halogens is 3. The number of aliphatic carboxylic acids is 1. The first-order valence-corrected chi connectivity index (χ1v) is 15.3. The summed E-state index contributed by atoms with van der Waals surface area (Å²) < 4.78 is 44.9. The van der Waals surface area contributed by atoms with Gasteiger partial charge in [-0.2, -0.15) is 19.2 Å². The zero-order valence-electron chi connectivity index (χ0n) is 21.9. The van der Waals surface area contributed by atoms with E-state index in [2.05, 4.69) is 103 Å². The third-order valence-electron chi connectivity index (χ3n) is 5.55. The average Bonchev–Trinajstić information content (AvgIpc) is 3.00. The molecule has 0 saturated carbocycles. The van der Waals surface area contributed by atoms with Crippen LogP contribution in [0.15, 0.2) is 140 Å². The fraction of sp³-hybridized carbons (Fsp3) is 0.0312. The Morgan fingerprint density at radius 2 is 0.810 bits per heavy atom. The van der Waals surface area contributed by atoms with Crippen molar-refractivity contribution in [2.45, 2.75) is 6.18 Å². The molecule has 0 spiro atoms. The quantitative estimate of drug-likeness (QED) is 0.115. The van der Waals surface area contributed by atoms with Gasteiger partial charge in [0, 0.05) is 20.4 Å². The molecule has 0 atom stereocenters. The maximum atomic E-state index is 10.6. The van der Waals surface area contributed by atoms with Gasteiger partial charge in [-0.05, 0) is 48.5 Å². The van der Waals surface area contributed by atoms with Crippen LogP contribution in [0.5, 0.6) is 11.5 Å². The Morgan fingerprint density at radius 3 is 1.05 bits per heavy atom. The number of rotatable bonds is 8. The first-order valence-electron chi connectivity index (χ1n) is 12.4. The van der Waals surface area contributed by atoms with Crippen LogP contribution in [-0.4, -0.2) is 17.3 Å². The van der Waals surface area contributed by atoms with Crippen molar-refractivity contribution in [1.29, 1.82) is 0 Å². The summed E-state index contributed by atoms with van der Waals surface area (Å²) in [6.45, 7) is 0. The van der Waals surface area contributed by atoms with Gasteiger partial charge < -0.3 is 14.2 Å². The van der Waals surface area contributed by atoms with Crippen LogP contribution in [0.3, 0.4) is 0 Å². The Bertz CT molecular complexity index is 1330. The second kappa shape index (κ2) is 16.2. The number of alkyl halides is 3. The van der Waals surface area contributed by atoms with E-state index in [1.54, 1.807) is 0 Å². The van der Waals surface area contributed by atoms with E-state index in [1.807, 2.05) is 42.5 Å². The zero-order chi connectivity index (χ0) is 29.1. The van der Waals surface area contributed by atoms with Crippen molar-refractivity contribution in [1.82, 2.24) is 0 Å². The molecule has 5 aromatic rings. The molecule has 5 aromatic carbocycles. The Balaban J connectivity index is 0.000000541. The van der Waals surface area contributed by atoms with Gasteiger partial charge >= 0.3 is 12.1 Å². The van der Waals surface area contributed by atoms with Gasteiger partial charge in [0.2, 0.25) is 16.3 Å².